The van der Waals surface area contributed by atoms with Crippen LogP contribution in [-0.2, 0) is 9.53 Å². The molecule has 2 rings (SSSR count). The minimum Gasteiger partial charge on any atom is -0.390 e. The van der Waals surface area contributed by atoms with Gasteiger partial charge in [0, 0.05) is 33.2 Å². The van der Waals surface area contributed by atoms with Crippen LogP contribution in [0.3, 0.4) is 0 Å². The second-order valence-electron chi connectivity index (χ2n) is 5.93. The van der Waals surface area contributed by atoms with E-state index in [9.17, 15) is 9.90 Å². The van der Waals surface area contributed by atoms with Gasteiger partial charge in [0.25, 0.3) is 0 Å². The fourth-order valence-electron chi connectivity index (χ4n) is 2.93. The van der Waals surface area contributed by atoms with Crippen LogP contribution in [0.25, 0.3) is 0 Å². The smallest absolute Gasteiger partial charge is 0.222 e. The van der Waals surface area contributed by atoms with E-state index in [0.717, 1.165) is 51.7 Å². The van der Waals surface area contributed by atoms with Gasteiger partial charge in [-0.25, -0.2) is 0 Å². The number of amides is 1. The van der Waals surface area contributed by atoms with E-state index < -0.39 is 5.60 Å². The Hall–Kier alpha value is -0.610. The van der Waals surface area contributed by atoms with E-state index in [-0.39, 0.29) is 5.91 Å². The summed E-state index contributed by atoms with van der Waals surface area (Å²) in [6.45, 7) is 2.19. The normalized spacial score (nSPS) is 26.4. The Balaban J connectivity index is 1.69. The van der Waals surface area contributed by atoms with Crippen LogP contribution in [0.15, 0.2) is 0 Å². The molecule has 0 bridgehead atoms. The van der Waals surface area contributed by atoms with Crippen LogP contribution >= 0.6 is 0 Å². The molecule has 1 N–H and O–H groups in total. The number of rotatable bonds is 5. The van der Waals surface area contributed by atoms with E-state index in [4.69, 9.17) is 4.74 Å². The van der Waals surface area contributed by atoms with Gasteiger partial charge in [0.05, 0.1) is 5.60 Å². The summed E-state index contributed by atoms with van der Waals surface area (Å²) in [6.07, 6.45) is 6.34. The summed E-state index contributed by atoms with van der Waals surface area (Å²) in [7, 11) is 1.84. The maximum atomic E-state index is 12.0. The van der Waals surface area contributed by atoms with Crippen molar-refractivity contribution >= 4 is 5.91 Å². The molecule has 2 fully saturated rings. The van der Waals surface area contributed by atoms with Gasteiger partial charge in [0.2, 0.25) is 5.91 Å². The van der Waals surface area contributed by atoms with Crippen molar-refractivity contribution in [1.29, 1.82) is 0 Å². The molecule has 1 atom stereocenters. The number of hydrogen-bond acceptors (Lipinski definition) is 3. The highest BCUT2D eigenvalue weighted by molar-refractivity contribution is 5.76. The maximum Gasteiger partial charge on any atom is 0.222 e. The first-order valence-corrected chi connectivity index (χ1v) is 7.13. The van der Waals surface area contributed by atoms with Gasteiger partial charge >= 0.3 is 0 Å². The maximum absolute atomic E-state index is 12.0. The minimum absolute atomic E-state index is 0.187. The van der Waals surface area contributed by atoms with Crippen molar-refractivity contribution in [1.82, 2.24) is 4.90 Å². The molecular formula is C14H25NO3. The summed E-state index contributed by atoms with van der Waals surface area (Å²) in [4.78, 5) is 13.8. The Kier molecular flexibility index (Phi) is 4.62. The van der Waals surface area contributed by atoms with E-state index >= 15 is 0 Å². The number of carbonyl (C=O) groups excluding carboxylic acids is 1. The molecule has 0 aromatic rings. The molecule has 1 aliphatic heterocycles. The van der Waals surface area contributed by atoms with Crippen molar-refractivity contribution in [2.24, 2.45) is 5.92 Å². The predicted molar refractivity (Wildman–Crippen MR) is 69.2 cm³/mol. The summed E-state index contributed by atoms with van der Waals surface area (Å²) in [5, 5.41) is 10.2. The first-order valence-electron chi connectivity index (χ1n) is 7.13. The zero-order chi connectivity index (χ0) is 13.0. The Labute approximate surface area is 109 Å². The van der Waals surface area contributed by atoms with Crippen LogP contribution in [0.5, 0.6) is 0 Å². The second kappa shape index (κ2) is 6.02. The molecule has 2 aliphatic rings. The lowest BCUT2D eigenvalue weighted by atomic mass is 9.97. The Morgan fingerprint density at radius 2 is 2.17 bits per heavy atom. The van der Waals surface area contributed by atoms with E-state index in [1.165, 1.54) is 0 Å². The third kappa shape index (κ3) is 3.69. The summed E-state index contributed by atoms with van der Waals surface area (Å²) in [5.74, 6) is 0.585. The van der Waals surface area contributed by atoms with Gasteiger partial charge in [-0.15, -0.1) is 0 Å². The lowest BCUT2D eigenvalue weighted by Crippen LogP contribution is -2.35. The Bertz CT molecular complexity index is 281. The zero-order valence-electron chi connectivity index (χ0n) is 11.4. The molecule has 0 radical (unpaired) electrons. The molecule has 0 aromatic heterocycles. The third-order valence-electron chi connectivity index (χ3n) is 4.36. The number of ether oxygens (including phenoxy) is 1. The van der Waals surface area contributed by atoms with Gasteiger partial charge in [0.1, 0.15) is 0 Å². The average Bonchev–Trinajstić information content (AvgIpc) is 2.98. The van der Waals surface area contributed by atoms with Crippen LogP contribution in [0.2, 0.25) is 0 Å². The van der Waals surface area contributed by atoms with E-state index in [0.29, 0.717) is 18.9 Å². The SMILES string of the molecule is CN(CCC1(O)CCCC1)C(=O)C[C@H]1CCOC1. The standard InChI is InChI=1S/C14H25NO3/c1-15(8-7-14(17)5-2-3-6-14)13(16)10-12-4-9-18-11-12/h12,17H,2-11H2,1H3/t12-/m1/s1. The first-order chi connectivity index (χ1) is 8.59. The zero-order valence-corrected chi connectivity index (χ0v) is 11.4. The Morgan fingerprint density at radius 1 is 1.44 bits per heavy atom. The molecule has 1 saturated heterocycles. The fraction of sp³-hybridized carbons (Fsp3) is 0.929. The van der Waals surface area contributed by atoms with E-state index in [2.05, 4.69) is 0 Å². The molecule has 18 heavy (non-hydrogen) atoms. The number of aliphatic hydroxyl groups is 1. The highest BCUT2D eigenvalue weighted by Crippen LogP contribution is 2.32. The molecule has 0 aromatic carbocycles. The van der Waals surface area contributed by atoms with Crippen molar-refractivity contribution in [3.63, 3.8) is 0 Å². The molecular weight excluding hydrogens is 230 g/mol. The van der Waals surface area contributed by atoms with Crippen molar-refractivity contribution in [2.45, 2.75) is 50.5 Å². The quantitative estimate of drug-likeness (QED) is 0.811. The van der Waals surface area contributed by atoms with E-state index in [1.807, 2.05) is 7.05 Å². The number of nitrogens with zero attached hydrogens (tertiary/aromatic N) is 1. The average molecular weight is 255 g/mol. The second-order valence-corrected chi connectivity index (χ2v) is 5.93. The lowest BCUT2D eigenvalue weighted by molar-refractivity contribution is -0.131. The van der Waals surface area contributed by atoms with Crippen molar-refractivity contribution in [3.05, 3.63) is 0 Å². The third-order valence-corrected chi connectivity index (χ3v) is 4.36. The molecule has 4 heteroatoms. The highest BCUT2D eigenvalue weighted by Gasteiger charge is 2.31. The molecule has 1 aliphatic carbocycles. The minimum atomic E-state index is -0.509. The predicted octanol–water partition coefficient (Wildman–Crippen LogP) is 1.57. The Morgan fingerprint density at radius 3 is 2.78 bits per heavy atom. The molecule has 0 spiro atoms. The van der Waals surface area contributed by atoms with Crippen molar-refractivity contribution in [2.75, 3.05) is 26.8 Å². The molecule has 1 amide bonds. The molecule has 0 unspecified atom stereocenters. The van der Waals surface area contributed by atoms with Crippen LogP contribution in [0, 0.1) is 5.92 Å². The van der Waals surface area contributed by atoms with Gasteiger partial charge in [-0.2, -0.15) is 0 Å². The van der Waals surface area contributed by atoms with Gasteiger partial charge in [-0.05, 0) is 31.6 Å². The van der Waals surface area contributed by atoms with Gasteiger partial charge in [-0.3, -0.25) is 4.79 Å². The topological polar surface area (TPSA) is 49.8 Å². The van der Waals surface area contributed by atoms with Crippen molar-refractivity contribution in [3.8, 4) is 0 Å². The van der Waals surface area contributed by atoms with Gasteiger partial charge < -0.3 is 14.7 Å². The molecule has 1 heterocycles. The molecule has 4 nitrogen and oxygen atoms in total. The summed E-state index contributed by atoms with van der Waals surface area (Å²) in [6, 6.07) is 0. The number of carbonyl (C=O) groups is 1. The van der Waals surface area contributed by atoms with Crippen LogP contribution in [0.1, 0.15) is 44.9 Å². The molecule has 1 saturated carbocycles. The highest BCUT2D eigenvalue weighted by atomic mass is 16.5. The van der Waals surface area contributed by atoms with Crippen LogP contribution in [0.4, 0.5) is 0 Å². The van der Waals surface area contributed by atoms with Crippen LogP contribution < -0.4 is 0 Å². The van der Waals surface area contributed by atoms with Gasteiger partial charge in [0.15, 0.2) is 0 Å². The summed E-state index contributed by atoms with van der Waals surface area (Å²) < 4.78 is 5.28. The monoisotopic (exact) mass is 255 g/mol. The first kappa shape index (κ1) is 13.8. The van der Waals surface area contributed by atoms with Crippen LogP contribution in [-0.4, -0.2) is 48.3 Å². The molecule has 104 valence electrons. The summed E-state index contributed by atoms with van der Waals surface area (Å²) >= 11 is 0. The van der Waals surface area contributed by atoms with Gasteiger partial charge in [-0.1, -0.05) is 12.8 Å². The van der Waals surface area contributed by atoms with E-state index in [1.54, 1.807) is 4.90 Å². The number of hydrogen-bond donors (Lipinski definition) is 1. The lowest BCUT2D eigenvalue weighted by Gasteiger charge is -2.26. The largest absolute Gasteiger partial charge is 0.390 e. The van der Waals surface area contributed by atoms with Crippen molar-refractivity contribution < 1.29 is 14.6 Å². The summed E-state index contributed by atoms with van der Waals surface area (Å²) in [5.41, 5.74) is -0.509. The fourth-order valence-corrected chi connectivity index (χ4v) is 2.93.